The number of ether oxygens (including phenoxy) is 1. The molecule has 0 spiro atoms. The molecule has 9 heteroatoms. The van der Waals surface area contributed by atoms with Crippen LogP contribution in [0.5, 0.6) is 5.88 Å². The predicted octanol–water partition coefficient (Wildman–Crippen LogP) is 0.293. The van der Waals surface area contributed by atoms with Gasteiger partial charge in [-0.25, -0.2) is 15.0 Å². The molecule has 3 N–H and O–H groups in total. The van der Waals surface area contributed by atoms with Crippen LogP contribution >= 0.6 is 0 Å². The van der Waals surface area contributed by atoms with Crippen molar-refractivity contribution in [1.29, 1.82) is 0 Å². The third-order valence-electron chi connectivity index (χ3n) is 4.35. The number of amides is 1. The number of carbonyl (C=O) groups is 1. The van der Waals surface area contributed by atoms with E-state index in [1.165, 1.54) is 13.4 Å². The highest BCUT2D eigenvalue weighted by molar-refractivity contribution is 5.96. The average Bonchev–Trinajstić information content (AvgIpc) is 3.08. The van der Waals surface area contributed by atoms with E-state index in [4.69, 9.17) is 4.74 Å². The van der Waals surface area contributed by atoms with Gasteiger partial charge in [0.05, 0.1) is 7.11 Å². The van der Waals surface area contributed by atoms with Crippen molar-refractivity contribution in [2.75, 3.05) is 44.0 Å². The predicted molar refractivity (Wildman–Crippen MR) is 96.5 cm³/mol. The van der Waals surface area contributed by atoms with E-state index in [0.29, 0.717) is 30.9 Å². The lowest BCUT2D eigenvalue weighted by atomic mass is 10.0. The molecule has 3 heterocycles. The Balaban J connectivity index is 1.62. The van der Waals surface area contributed by atoms with Crippen LogP contribution in [0.15, 0.2) is 30.7 Å². The van der Waals surface area contributed by atoms with Gasteiger partial charge in [-0.1, -0.05) is 0 Å². The normalized spacial score (nSPS) is 19.3. The molecule has 1 fully saturated rings. The SMILES string of the molecule is CNc1cc(N2CCC(O)(CNC(=O)c3cccnc3OC)C2)ncn1. The molecular formula is C17H22N6O3. The molecule has 0 aliphatic carbocycles. The highest BCUT2D eigenvalue weighted by atomic mass is 16.5. The number of nitrogens with zero attached hydrogens (tertiary/aromatic N) is 4. The minimum absolute atomic E-state index is 0.129. The Bertz CT molecular complexity index is 787. The van der Waals surface area contributed by atoms with Gasteiger partial charge in [0.1, 0.15) is 29.1 Å². The fourth-order valence-corrected chi connectivity index (χ4v) is 2.92. The van der Waals surface area contributed by atoms with Crippen LogP contribution in [0.2, 0.25) is 0 Å². The summed E-state index contributed by atoms with van der Waals surface area (Å²) in [6.45, 7) is 1.14. The lowest BCUT2D eigenvalue weighted by Gasteiger charge is -2.24. The molecule has 1 saturated heterocycles. The second kappa shape index (κ2) is 7.52. The maximum atomic E-state index is 12.4. The fourth-order valence-electron chi connectivity index (χ4n) is 2.92. The van der Waals surface area contributed by atoms with Crippen LogP contribution in [0.3, 0.4) is 0 Å². The minimum Gasteiger partial charge on any atom is -0.480 e. The fraction of sp³-hybridized carbons (Fsp3) is 0.412. The summed E-state index contributed by atoms with van der Waals surface area (Å²) in [5, 5.41) is 16.5. The third-order valence-corrected chi connectivity index (χ3v) is 4.35. The van der Waals surface area contributed by atoms with Gasteiger partial charge >= 0.3 is 0 Å². The van der Waals surface area contributed by atoms with Gasteiger partial charge < -0.3 is 25.4 Å². The summed E-state index contributed by atoms with van der Waals surface area (Å²) in [4.78, 5) is 26.7. The van der Waals surface area contributed by atoms with Crippen molar-refractivity contribution in [1.82, 2.24) is 20.3 Å². The summed E-state index contributed by atoms with van der Waals surface area (Å²) in [6, 6.07) is 5.12. The molecule has 1 unspecified atom stereocenters. The first-order valence-corrected chi connectivity index (χ1v) is 8.29. The quantitative estimate of drug-likeness (QED) is 0.676. The number of hydrogen-bond acceptors (Lipinski definition) is 8. The van der Waals surface area contributed by atoms with Gasteiger partial charge in [0.25, 0.3) is 5.91 Å². The molecule has 0 saturated carbocycles. The molecule has 2 aromatic rings. The van der Waals surface area contributed by atoms with E-state index < -0.39 is 5.60 Å². The summed E-state index contributed by atoms with van der Waals surface area (Å²) in [5.74, 6) is 1.37. The summed E-state index contributed by atoms with van der Waals surface area (Å²) < 4.78 is 5.10. The molecule has 1 aliphatic heterocycles. The number of nitrogens with one attached hydrogen (secondary N) is 2. The standard InChI is InChI=1S/C17H22N6O3/c1-18-13-8-14(22-11-21-13)23-7-5-17(25,10-23)9-20-15(24)12-4-3-6-19-16(12)26-2/h3-4,6,8,11,25H,5,7,9-10H2,1-2H3,(H,20,24)(H,18,21,22). The number of aromatic nitrogens is 3. The summed E-state index contributed by atoms with van der Waals surface area (Å²) in [5.41, 5.74) is -0.696. The van der Waals surface area contributed by atoms with Crippen molar-refractivity contribution in [2.45, 2.75) is 12.0 Å². The molecule has 1 amide bonds. The van der Waals surface area contributed by atoms with Gasteiger partial charge in [-0.05, 0) is 18.6 Å². The third kappa shape index (κ3) is 3.83. The Morgan fingerprint density at radius 2 is 2.27 bits per heavy atom. The molecule has 0 radical (unpaired) electrons. The van der Waals surface area contributed by atoms with Gasteiger partial charge in [-0.3, -0.25) is 4.79 Å². The van der Waals surface area contributed by atoms with Crippen LogP contribution in [0, 0.1) is 0 Å². The van der Waals surface area contributed by atoms with Gasteiger partial charge in [-0.2, -0.15) is 0 Å². The van der Waals surface area contributed by atoms with Crippen molar-refractivity contribution < 1.29 is 14.6 Å². The van der Waals surface area contributed by atoms with Crippen molar-refractivity contribution in [2.24, 2.45) is 0 Å². The second-order valence-corrected chi connectivity index (χ2v) is 6.15. The zero-order valence-corrected chi connectivity index (χ0v) is 14.8. The Morgan fingerprint density at radius 1 is 1.42 bits per heavy atom. The highest BCUT2D eigenvalue weighted by Gasteiger charge is 2.37. The highest BCUT2D eigenvalue weighted by Crippen LogP contribution is 2.26. The van der Waals surface area contributed by atoms with E-state index in [9.17, 15) is 9.90 Å². The van der Waals surface area contributed by atoms with E-state index in [1.54, 1.807) is 25.4 Å². The molecular weight excluding hydrogens is 336 g/mol. The van der Waals surface area contributed by atoms with Gasteiger partial charge in [0.2, 0.25) is 5.88 Å². The van der Waals surface area contributed by atoms with Crippen LogP contribution in [0.25, 0.3) is 0 Å². The van der Waals surface area contributed by atoms with Crippen LogP contribution in [0.1, 0.15) is 16.8 Å². The Labute approximate surface area is 151 Å². The zero-order valence-electron chi connectivity index (χ0n) is 14.8. The Kier molecular flexibility index (Phi) is 5.17. The Hall–Kier alpha value is -2.94. The van der Waals surface area contributed by atoms with Gasteiger partial charge in [0, 0.05) is 38.9 Å². The molecule has 26 heavy (non-hydrogen) atoms. The van der Waals surface area contributed by atoms with Crippen LogP contribution < -0.4 is 20.3 Å². The molecule has 9 nitrogen and oxygen atoms in total. The van der Waals surface area contributed by atoms with Crippen molar-refractivity contribution in [3.8, 4) is 5.88 Å². The lowest BCUT2D eigenvalue weighted by Crippen LogP contribution is -2.45. The van der Waals surface area contributed by atoms with Crippen LogP contribution in [-0.2, 0) is 0 Å². The average molecular weight is 358 g/mol. The Morgan fingerprint density at radius 3 is 3.04 bits per heavy atom. The number of aliphatic hydroxyl groups is 1. The zero-order chi connectivity index (χ0) is 18.6. The number of pyridine rings is 1. The summed E-state index contributed by atoms with van der Waals surface area (Å²) >= 11 is 0. The number of anilines is 2. The van der Waals surface area contributed by atoms with Crippen molar-refractivity contribution >= 4 is 17.5 Å². The first-order valence-electron chi connectivity index (χ1n) is 8.29. The van der Waals surface area contributed by atoms with E-state index in [2.05, 4.69) is 25.6 Å². The molecule has 1 aliphatic rings. The smallest absolute Gasteiger partial charge is 0.256 e. The molecule has 2 aromatic heterocycles. The minimum atomic E-state index is -1.03. The van der Waals surface area contributed by atoms with E-state index in [1.807, 2.05) is 11.0 Å². The first-order chi connectivity index (χ1) is 12.5. The topological polar surface area (TPSA) is 112 Å². The molecule has 0 aromatic carbocycles. The largest absolute Gasteiger partial charge is 0.480 e. The van der Waals surface area contributed by atoms with Gasteiger partial charge in [-0.15, -0.1) is 0 Å². The second-order valence-electron chi connectivity index (χ2n) is 6.15. The maximum absolute atomic E-state index is 12.4. The van der Waals surface area contributed by atoms with Gasteiger partial charge in [0.15, 0.2) is 0 Å². The summed E-state index contributed by atoms with van der Waals surface area (Å²) in [7, 11) is 3.25. The monoisotopic (exact) mass is 358 g/mol. The van der Waals surface area contributed by atoms with E-state index in [-0.39, 0.29) is 18.3 Å². The maximum Gasteiger partial charge on any atom is 0.256 e. The van der Waals surface area contributed by atoms with E-state index in [0.717, 1.165) is 5.82 Å². The molecule has 138 valence electrons. The number of methoxy groups -OCH3 is 1. The van der Waals surface area contributed by atoms with E-state index >= 15 is 0 Å². The van der Waals surface area contributed by atoms with Crippen molar-refractivity contribution in [3.05, 3.63) is 36.3 Å². The first kappa shape index (κ1) is 17.9. The lowest BCUT2D eigenvalue weighted by molar-refractivity contribution is 0.0574. The molecule has 3 rings (SSSR count). The number of rotatable bonds is 6. The molecule has 1 atom stereocenters. The number of carbonyl (C=O) groups excluding carboxylic acids is 1. The van der Waals surface area contributed by atoms with Crippen molar-refractivity contribution in [3.63, 3.8) is 0 Å². The molecule has 0 bridgehead atoms. The summed E-state index contributed by atoms with van der Waals surface area (Å²) in [6.07, 6.45) is 3.56. The number of β-amino-alcohol motifs (C(OH)–C–C–N with tert-alkyl or cyclic N) is 1. The number of hydrogen-bond donors (Lipinski definition) is 3. The van der Waals surface area contributed by atoms with Crippen LogP contribution in [-0.4, -0.2) is 65.4 Å². The van der Waals surface area contributed by atoms with Crippen LogP contribution in [0.4, 0.5) is 11.6 Å².